The van der Waals surface area contributed by atoms with Gasteiger partial charge >= 0.3 is 5.97 Å². The van der Waals surface area contributed by atoms with Gasteiger partial charge in [0.05, 0.1) is 23.4 Å². The molecule has 0 aromatic heterocycles. The minimum Gasteiger partial charge on any atom is -0.426 e. The van der Waals surface area contributed by atoms with Crippen molar-refractivity contribution in [2.45, 2.75) is 49.2 Å². The summed E-state index contributed by atoms with van der Waals surface area (Å²) in [6.45, 7) is 4.10. The van der Waals surface area contributed by atoms with Gasteiger partial charge in [-0.2, -0.15) is 0 Å². The molecule has 0 spiro atoms. The molecule has 37 heavy (non-hydrogen) atoms. The second kappa shape index (κ2) is 10.3. The van der Waals surface area contributed by atoms with Gasteiger partial charge in [0.1, 0.15) is 5.75 Å². The Hall–Kier alpha value is -2.52. The molecule has 1 saturated carbocycles. The highest BCUT2D eigenvalue weighted by atomic mass is 79.9. The van der Waals surface area contributed by atoms with E-state index in [0.29, 0.717) is 29.8 Å². The first-order valence-electron chi connectivity index (χ1n) is 12.6. The van der Waals surface area contributed by atoms with Crippen molar-refractivity contribution >= 4 is 66.9 Å². The van der Waals surface area contributed by atoms with E-state index in [1.54, 1.807) is 30.0 Å². The summed E-state index contributed by atoms with van der Waals surface area (Å²) in [6.07, 6.45) is 2.10. The number of amides is 3. The van der Waals surface area contributed by atoms with Gasteiger partial charge in [0.2, 0.25) is 17.7 Å². The molecule has 7 nitrogen and oxygen atoms in total. The molecule has 9 heteroatoms. The highest BCUT2D eigenvalue weighted by Gasteiger charge is 2.52. The van der Waals surface area contributed by atoms with Crippen LogP contribution in [0.4, 0.5) is 11.4 Å². The first-order valence-corrected chi connectivity index (χ1v) is 14.4. The van der Waals surface area contributed by atoms with Crippen molar-refractivity contribution in [2.75, 3.05) is 16.3 Å². The van der Waals surface area contributed by atoms with E-state index in [1.165, 1.54) is 4.90 Å². The topological polar surface area (TPSA) is 84.0 Å². The van der Waals surface area contributed by atoms with Crippen LogP contribution in [0.15, 0.2) is 42.5 Å². The number of hydrogen-bond donors (Lipinski definition) is 0. The number of carbonyl (C=O) groups is 4. The molecule has 2 aromatic rings. The molecule has 0 N–H and O–H groups in total. The molecule has 2 aliphatic heterocycles. The van der Waals surface area contributed by atoms with Crippen molar-refractivity contribution in [3.8, 4) is 5.75 Å². The molecule has 3 amide bonds. The molecule has 0 unspecified atom stereocenters. The Labute approximate surface area is 232 Å². The standard InChI is InChI=1S/C28H28Br2N2O5/c1-3-16-6-4-5-7-24(16)31-14-17(11-25(31)33)28(36)37-18-8-9-23(15(2)10-18)32-26(34)19-12-21(29)22(30)13-20(19)27(32)35/h4-10,17,19-22H,3,11-14H2,1-2H3/t17-,19-,20-,21+,22+/m1/s1. The first-order chi connectivity index (χ1) is 17.7. The van der Waals surface area contributed by atoms with Crippen molar-refractivity contribution < 1.29 is 23.9 Å². The van der Waals surface area contributed by atoms with Crippen LogP contribution >= 0.6 is 31.9 Å². The van der Waals surface area contributed by atoms with Crippen LogP contribution in [0.25, 0.3) is 0 Å². The number of anilines is 2. The lowest BCUT2D eigenvalue weighted by atomic mass is 9.81. The highest BCUT2D eigenvalue weighted by molar-refractivity contribution is 9.12. The molecule has 2 saturated heterocycles. The summed E-state index contributed by atoms with van der Waals surface area (Å²) < 4.78 is 5.64. The maximum absolute atomic E-state index is 13.2. The minimum absolute atomic E-state index is 0.0939. The number of alkyl halides is 2. The molecular weight excluding hydrogens is 604 g/mol. The van der Waals surface area contributed by atoms with E-state index in [1.807, 2.05) is 31.2 Å². The molecular formula is C28H28Br2N2O5. The van der Waals surface area contributed by atoms with Crippen LogP contribution in [0.5, 0.6) is 5.75 Å². The van der Waals surface area contributed by atoms with Gasteiger partial charge in [-0.05, 0) is 61.6 Å². The van der Waals surface area contributed by atoms with Gasteiger partial charge in [-0.25, -0.2) is 4.90 Å². The Morgan fingerprint density at radius 2 is 1.62 bits per heavy atom. The van der Waals surface area contributed by atoms with Gasteiger partial charge in [-0.1, -0.05) is 57.0 Å². The quantitative estimate of drug-likeness (QED) is 0.202. The average molecular weight is 632 g/mol. The average Bonchev–Trinajstić information content (AvgIpc) is 3.37. The van der Waals surface area contributed by atoms with Gasteiger partial charge in [-0.15, -0.1) is 0 Å². The Bertz CT molecular complexity index is 1250. The number of para-hydroxylation sites is 1. The number of rotatable bonds is 5. The first kappa shape index (κ1) is 26.1. The molecule has 0 radical (unpaired) electrons. The number of carbonyl (C=O) groups excluding carboxylic acids is 4. The predicted molar refractivity (Wildman–Crippen MR) is 147 cm³/mol. The van der Waals surface area contributed by atoms with Crippen molar-refractivity contribution in [3.05, 3.63) is 53.6 Å². The fraction of sp³-hybridized carbons (Fsp3) is 0.429. The van der Waals surface area contributed by atoms with Crippen LogP contribution in [0.2, 0.25) is 0 Å². The Balaban J connectivity index is 1.29. The summed E-state index contributed by atoms with van der Waals surface area (Å²) >= 11 is 7.23. The van der Waals surface area contributed by atoms with Crippen LogP contribution in [0.1, 0.15) is 37.3 Å². The van der Waals surface area contributed by atoms with Crippen molar-refractivity contribution in [1.29, 1.82) is 0 Å². The van der Waals surface area contributed by atoms with E-state index in [2.05, 4.69) is 31.9 Å². The van der Waals surface area contributed by atoms with Crippen LogP contribution < -0.4 is 14.5 Å². The number of halogens is 2. The Kier molecular flexibility index (Phi) is 7.29. The third-order valence-electron chi connectivity index (χ3n) is 7.66. The van der Waals surface area contributed by atoms with E-state index in [4.69, 9.17) is 4.74 Å². The maximum atomic E-state index is 13.2. The SMILES string of the molecule is CCc1ccccc1N1C[C@H](C(=O)Oc2ccc(N3C(=O)[C@@H]4C[C@H](Br)[C@@H](Br)C[C@H]4C3=O)c(C)c2)CC1=O. The van der Waals surface area contributed by atoms with Crippen LogP contribution in [0.3, 0.4) is 0 Å². The number of fused-ring (bicyclic) bond motifs is 1. The van der Waals surface area contributed by atoms with Crippen LogP contribution in [0, 0.1) is 24.7 Å². The highest BCUT2D eigenvalue weighted by Crippen LogP contribution is 2.45. The predicted octanol–water partition coefficient (Wildman–Crippen LogP) is 4.94. The zero-order chi connectivity index (χ0) is 26.4. The van der Waals surface area contributed by atoms with Gasteiger partial charge in [-0.3, -0.25) is 19.2 Å². The van der Waals surface area contributed by atoms with E-state index in [0.717, 1.165) is 17.7 Å². The molecule has 0 bridgehead atoms. The normalized spacial score (nSPS) is 27.6. The van der Waals surface area contributed by atoms with E-state index in [9.17, 15) is 19.2 Å². The monoisotopic (exact) mass is 630 g/mol. The molecule has 5 atom stereocenters. The molecule has 2 aromatic carbocycles. The number of nitrogens with zero attached hydrogens (tertiary/aromatic N) is 2. The molecule has 3 aliphatic rings. The third-order valence-corrected chi connectivity index (χ3v) is 10.4. The second-order valence-corrected chi connectivity index (χ2v) is 12.3. The molecule has 5 rings (SSSR count). The summed E-state index contributed by atoms with van der Waals surface area (Å²) in [4.78, 5) is 55.2. The lowest BCUT2D eigenvalue weighted by Gasteiger charge is -2.29. The minimum atomic E-state index is -0.573. The lowest BCUT2D eigenvalue weighted by molar-refractivity contribution is -0.139. The number of hydrogen-bond acceptors (Lipinski definition) is 5. The van der Waals surface area contributed by atoms with E-state index < -0.39 is 11.9 Å². The number of ether oxygens (including phenoxy) is 1. The van der Waals surface area contributed by atoms with Crippen molar-refractivity contribution in [1.82, 2.24) is 0 Å². The van der Waals surface area contributed by atoms with Crippen LogP contribution in [-0.4, -0.2) is 39.9 Å². The summed E-state index contributed by atoms with van der Waals surface area (Å²) in [6, 6.07) is 12.6. The summed E-state index contributed by atoms with van der Waals surface area (Å²) in [5, 5.41) is 0. The number of esters is 1. The van der Waals surface area contributed by atoms with Gasteiger partial charge in [0.25, 0.3) is 0 Å². The van der Waals surface area contributed by atoms with Crippen molar-refractivity contribution in [2.24, 2.45) is 17.8 Å². The number of aryl methyl sites for hydroxylation is 2. The third kappa shape index (κ3) is 4.76. The number of imide groups is 1. The summed E-state index contributed by atoms with van der Waals surface area (Å²) in [5.74, 6) is -1.83. The zero-order valence-corrected chi connectivity index (χ0v) is 23.8. The Morgan fingerprint density at radius 1 is 0.973 bits per heavy atom. The molecule has 1 aliphatic carbocycles. The van der Waals surface area contributed by atoms with Gasteiger partial charge in [0, 0.05) is 28.3 Å². The summed E-state index contributed by atoms with van der Waals surface area (Å²) in [7, 11) is 0. The molecule has 194 valence electrons. The summed E-state index contributed by atoms with van der Waals surface area (Å²) in [5.41, 5.74) is 3.07. The van der Waals surface area contributed by atoms with Crippen molar-refractivity contribution in [3.63, 3.8) is 0 Å². The zero-order valence-electron chi connectivity index (χ0n) is 20.7. The molecule has 2 heterocycles. The Morgan fingerprint density at radius 3 is 2.24 bits per heavy atom. The fourth-order valence-electron chi connectivity index (χ4n) is 5.65. The van der Waals surface area contributed by atoms with E-state index >= 15 is 0 Å². The van der Waals surface area contributed by atoms with Gasteiger partial charge < -0.3 is 9.64 Å². The van der Waals surface area contributed by atoms with Crippen LogP contribution in [-0.2, 0) is 25.6 Å². The number of benzene rings is 2. The second-order valence-electron chi connectivity index (χ2n) is 9.99. The lowest BCUT2D eigenvalue weighted by Crippen LogP contribution is -2.34. The largest absolute Gasteiger partial charge is 0.426 e. The molecule has 3 fully saturated rings. The van der Waals surface area contributed by atoms with Gasteiger partial charge in [0.15, 0.2) is 0 Å². The fourth-order valence-corrected chi connectivity index (χ4v) is 6.88. The van der Waals surface area contributed by atoms with E-state index in [-0.39, 0.29) is 52.2 Å². The maximum Gasteiger partial charge on any atom is 0.316 e. The smallest absolute Gasteiger partial charge is 0.316 e.